The van der Waals surface area contributed by atoms with E-state index >= 15 is 0 Å². The quantitative estimate of drug-likeness (QED) is 0.0222. The number of esters is 4. The lowest BCUT2D eigenvalue weighted by molar-refractivity contribution is -0.161. The average Bonchev–Trinajstić information content (AvgIpc) is 1.06. The molecule has 0 aromatic rings. The Morgan fingerprint density at radius 3 is 0.752 bits per heavy atom. The molecule has 0 rings (SSSR count). The molecule has 4 unspecified atom stereocenters. The van der Waals surface area contributed by atoms with Gasteiger partial charge in [-0.25, -0.2) is 9.13 Å². The number of hydrogen-bond acceptors (Lipinski definition) is 15. The van der Waals surface area contributed by atoms with Crippen molar-refractivity contribution in [2.75, 3.05) is 39.6 Å². The van der Waals surface area contributed by atoms with Crippen molar-refractivity contribution in [1.29, 1.82) is 0 Å². The van der Waals surface area contributed by atoms with Gasteiger partial charge in [0.05, 0.1) is 26.4 Å². The summed E-state index contributed by atoms with van der Waals surface area (Å²) in [4.78, 5) is 73.1. The van der Waals surface area contributed by atoms with Crippen LogP contribution in [0.4, 0.5) is 0 Å². The predicted molar refractivity (Wildman–Crippen MR) is 414 cm³/mol. The Hall–Kier alpha value is -1.94. The molecule has 0 fully saturated rings. The molecule has 0 saturated heterocycles. The minimum absolute atomic E-state index is 0.106. The van der Waals surface area contributed by atoms with Crippen LogP contribution in [-0.4, -0.2) is 96.7 Å². The van der Waals surface area contributed by atoms with Gasteiger partial charge in [0.1, 0.15) is 19.3 Å². The lowest BCUT2D eigenvalue weighted by Crippen LogP contribution is -2.30. The molecule has 0 aromatic carbocycles. The second kappa shape index (κ2) is 72.3. The number of ether oxygens (including phenoxy) is 4. The first-order valence-corrected chi connectivity index (χ1v) is 45.4. The number of hydrogen-bond donors (Lipinski definition) is 3. The average molecular weight is 1480 g/mol. The number of rotatable bonds is 80. The zero-order valence-corrected chi connectivity index (χ0v) is 68.2. The summed E-state index contributed by atoms with van der Waals surface area (Å²) in [5.41, 5.74) is 0. The third kappa shape index (κ3) is 73.4. The van der Waals surface area contributed by atoms with Crippen molar-refractivity contribution in [3.05, 3.63) is 0 Å². The van der Waals surface area contributed by atoms with Crippen LogP contribution < -0.4 is 0 Å². The smallest absolute Gasteiger partial charge is 0.462 e. The van der Waals surface area contributed by atoms with Gasteiger partial charge in [0.2, 0.25) is 0 Å². The molecule has 19 heteroatoms. The maximum Gasteiger partial charge on any atom is 0.472 e. The van der Waals surface area contributed by atoms with Gasteiger partial charge < -0.3 is 33.8 Å². The summed E-state index contributed by atoms with van der Waals surface area (Å²) < 4.78 is 68.7. The van der Waals surface area contributed by atoms with Crippen molar-refractivity contribution in [3.63, 3.8) is 0 Å². The molecule has 0 aliphatic rings. The number of phosphoric ester groups is 2. The summed E-state index contributed by atoms with van der Waals surface area (Å²) in [6.45, 7) is 12.0. The largest absolute Gasteiger partial charge is 0.472 e. The predicted octanol–water partition coefficient (Wildman–Crippen LogP) is 24.5. The van der Waals surface area contributed by atoms with Gasteiger partial charge in [0, 0.05) is 25.7 Å². The van der Waals surface area contributed by atoms with E-state index in [1.54, 1.807) is 0 Å². The van der Waals surface area contributed by atoms with Gasteiger partial charge >= 0.3 is 39.5 Å². The molecule has 3 N–H and O–H groups in total. The summed E-state index contributed by atoms with van der Waals surface area (Å²) in [6, 6.07) is 0. The Morgan fingerprint density at radius 2 is 0.505 bits per heavy atom. The van der Waals surface area contributed by atoms with Crippen molar-refractivity contribution < 1.29 is 80.2 Å². The van der Waals surface area contributed by atoms with E-state index in [2.05, 4.69) is 48.5 Å². The number of phosphoric acid groups is 2. The van der Waals surface area contributed by atoms with Crippen LogP contribution in [0.5, 0.6) is 0 Å². The van der Waals surface area contributed by atoms with Crippen molar-refractivity contribution in [1.82, 2.24) is 0 Å². The fourth-order valence-electron chi connectivity index (χ4n) is 12.6. The molecule has 17 nitrogen and oxygen atoms in total. The molecule has 101 heavy (non-hydrogen) atoms. The van der Waals surface area contributed by atoms with Crippen molar-refractivity contribution in [2.24, 2.45) is 17.8 Å². The normalized spacial score (nSPS) is 14.5. The van der Waals surface area contributed by atoms with Gasteiger partial charge in [-0.3, -0.25) is 37.3 Å². The second-order valence-electron chi connectivity index (χ2n) is 30.5. The highest BCUT2D eigenvalue weighted by Crippen LogP contribution is 2.45. The Bertz CT molecular complexity index is 1960. The number of carbonyl (C=O) groups excluding carboxylic acids is 4. The standard InChI is InChI=1S/C82H160O17P2/c1-8-11-12-13-14-15-35-42-49-56-63-79(84)92-69-77(99-82(87)66-59-52-45-38-31-30-34-41-48-55-62-75(7)10-3)71-96-100(88,89)94-67-76(83)68-95-101(90,91)97-72-78(70-93-80(85)64-57-50-43-36-28-24-21-20-23-27-33-40-47-54-61-74(6)9-2)98-81(86)65-58-51-44-37-29-25-19-17-16-18-22-26-32-39-46-53-60-73(4)5/h73-78,83H,8-72H2,1-7H3,(H,88,89)(H,90,91)/t74?,75?,76-,77+,78+/m0/s1. The topological polar surface area (TPSA) is 237 Å². The Balaban J connectivity index is 5.24. The van der Waals surface area contributed by atoms with Gasteiger partial charge in [-0.15, -0.1) is 0 Å². The van der Waals surface area contributed by atoms with Crippen LogP contribution in [0.15, 0.2) is 0 Å². The van der Waals surface area contributed by atoms with Crippen LogP contribution in [0.25, 0.3) is 0 Å². The van der Waals surface area contributed by atoms with Crippen LogP contribution in [-0.2, 0) is 65.4 Å². The fraction of sp³-hybridized carbons (Fsp3) is 0.951. The zero-order valence-electron chi connectivity index (χ0n) is 66.4. The fourth-order valence-corrected chi connectivity index (χ4v) is 14.2. The number of aliphatic hydroxyl groups excluding tert-OH is 1. The van der Waals surface area contributed by atoms with Crippen molar-refractivity contribution >= 4 is 39.5 Å². The molecule has 600 valence electrons. The Morgan fingerprint density at radius 1 is 0.287 bits per heavy atom. The lowest BCUT2D eigenvalue weighted by atomic mass is 9.99. The van der Waals surface area contributed by atoms with Crippen LogP contribution in [0.1, 0.15) is 427 Å². The molecular formula is C82H160O17P2. The van der Waals surface area contributed by atoms with E-state index in [4.69, 9.17) is 37.0 Å². The molecule has 7 atom stereocenters. The molecular weight excluding hydrogens is 1320 g/mol. The van der Waals surface area contributed by atoms with E-state index in [0.29, 0.717) is 25.7 Å². The van der Waals surface area contributed by atoms with Crippen LogP contribution >= 0.6 is 15.6 Å². The maximum atomic E-state index is 13.1. The van der Waals surface area contributed by atoms with E-state index in [1.807, 2.05) is 0 Å². The molecule has 0 amide bonds. The zero-order chi connectivity index (χ0) is 74.4. The maximum absolute atomic E-state index is 13.1. The third-order valence-corrected chi connectivity index (χ3v) is 21.8. The van der Waals surface area contributed by atoms with Crippen LogP contribution in [0, 0.1) is 17.8 Å². The molecule has 0 bridgehead atoms. The van der Waals surface area contributed by atoms with E-state index < -0.39 is 97.5 Å². The number of unbranched alkanes of at least 4 members (excludes halogenated alkanes) is 46. The molecule has 0 radical (unpaired) electrons. The molecule has 0 saturated carbocycles. The summed E-state index contributed by atoms with van der Waals surface area (Å²) in [5, 5.41) is 10.6. The summed E-state index contributed by atoms with van der Waals surface area (Å²) in [6.07, 6.45) is 60.8. The Kier molecular flexibility index (Phi) is 70.9. The lowest BCUT2D eigenvalue weighted by Gasteiger charge is -2.21. The van der Waals surface area contributed by atoms with Gasteiger partial charge in [0.15, 0.2) is 12.2 Å². The van der Waals surface area contributed by atoms with E-state index in [1.165, 1.54) is 238 Å². The summed E-state index contributed by atoms with van der Waals surface area (Å²) >= 11 is 0. The molecule has 0 aromatic heterocycles. The molecule has 0 aliphatic heterocycles. The van der Waals surface area contributed by atoms with Gasteiger partial charge in [-0.2, -0.15) is 0 Å². The minimum atomic E-state index is -4.96. The monoisotopic (exact) mass is 1480 g/mol. The third-order valence-electron chi connectivity index (χ3n) is 19.9. The van der Waals surface area contributed by atoms with Crippen molar-refractivity contribution in [2.45, 2.75) is 446 Å². The van der Waals surface area contributed by atoms with E-state index in [-0.39, 0.29) is 25.7 Å². The highest BCUT2D eigenvalue weighted by molar-refractivity contribution is 7.47. The highest BCUT2D eigenvalue weighted by atomic mass is 31.2. The first-order chi connectivity index (χ1) is 48.8. The van der Waals surface area contributed by atoms with E-state index in [0.717, 1.165) is 108 Å². The van der Waals surface area contributed by atoms with Crippen molar-refractivity contribution in [3.8, 4) is 0 Å². The second-order valence-corrected chi connectivity index (χ2v) is 33.4. The number of aliphatic hydroxyl groups is 1. The van der Waals surface area contributed by atoms with Crippen LogP contribution in [0.3, 0.4) is 0 Å². The minimum Gasteiger partial charge on any atom is -0.462 e. The Labute approximate surface area is 619 Å². The summed E-state index contributed by atoms with van der Waals surface area (Å²) in [5.74, 6) is 0.353. The first kappa shape index (κ1) is 99.1. The molecule has 0 aliphatic carbocycles. The van der Waals surface area contributed by atoms with Gasteiger partial charge in [-0.1, -0.05) is 376 Å². The first-order valence-electron chi connectivity index (χ1n) is 42.4. The molecule has 0 heterocycles. The highest BCUT2D eigenvalue weighted by Gasteiger charge is 2.30. The van der Waals surface area contributed by atoms with Crippen LogP contribution in [0.2, 0.25) is 0 Å². The van der Waals surface area contributed by atoms with Gasteiger partial charge in [-0.05, 0) is 43.4 Å². The van der Waals surface area contributed by atoms with Gasteiger partial charge in [0.25, 0.3) is 0 Å². The van der Waals surface area contributed by atoms with E-state index in [9.17, 15) is 43.2 Å². The number of carbonyl (C=O) groups is 4. The summed E-state index contributed by atoms with van der Waals surface area (Å²) in [7, 11) is -9.92. The molecule has 0 spiro atoms. The SMILES string of the molecule is CCCCCCCCCCCCC(=O)OC[C@H](COP(=O)(O)OC[C@H](O)COP(=O)(O)OC[C@@H](COC(=O)CCCCCCCCCCCCCCCCC(C)CC)OC(=O)CCCCCCCCCCCCCCCCCCC(C)C)OC(=O)CCCCCCCCCCCCC(C)CC.